The Labute approximate surface area is 141 Å². The van der Waals surface area contributed by atoms with Crippen molar-refractivity contribution in [3.8, 4) is 0 Å². The fourth-order valence-electron chi connectivity index (χ4n) is 1.80. The highest BCUT2D eigenvalue weighted by Crippen LogP contribution is 2.11. The maximum absolute atomic E-state index is 12.1. The van der Waals surface area contributed by atoms with E-state index in [1.807, 2.05) is 18.2 Å². The van der Waals surface area contributed by atoms with Crippen LogP contribution in [0.1, 0.15) is 39.2 Å². The van der Waals surface area contributed by atoms with Gasteiger partial charge in [0.1, 0.15) is 18.2 Å². The summed E-state index contributed by atoms with van der Waals surface area (Å²) in [7, 11) is 0. The molecule has 7 nitrogen and oxygen atoms in total. The van der Waals surface area contributed by atoms with Gasteiger partial charge in [0.05, 0.1) is 0 Å². The van der Waals surface area contributed by atoms with E-state index in [0.717, 1.165) is 5.56 Å². The first-order valence-electron chi connectivity index (χ1n) is 7.59. The Bertz CT molecular complexity index is 564. The van der Waals surface area contributed by atoms with Gasteiger partial charge < -0.3 is 19.9 Å². The molecule has 1 atom stereocenters. The van der Waals surface area contributed by atoms with Gasteiger partial charge in [0, 0.05) is 6.42 Å². The van der Waals surface area contributed by atoms with Crippen molar-refractivity contribution in [1.82, 2.24) is 5.32 Å². The Morgan fingerprint density at radius 2 is 1.79 bits per heavy atom. The fourth-order valence-corrected chi connectivity index (χ4v) is 1.80. The van der Waals surface area contributed by atoms with Crippen molar-refractivity contribution in [2.24, 2.45) is 0 Å². The van der Waals surface area contributed by atoms with Gasteiger partial charge in [-0.2, -0.15) is 0 Å². The van der Waals surface area contributed by atoms with Crippen molar-refractivity contribution in [3.05, 3.63) is 35.9 Å². The number of carboxylic acids is 1. The molecule has 132 valence electrons. The number of esters is 1. The number of carboxylic acid groups (broad SMARTS) is 1. The molecule has 0 aliphatic heterocycles. The lowest BCUT2D eigenvalue weighted by atomic mass is 10.1. The first-order chi connectivity index (χ1) is 11.2. The zero-order chi connectivity index (χ0) is 18.2. The fraction of sp³-hybridized carbons (Fsp3) is 0.471. The van der Waals surface area contributed by atoms with Crippen molar-refractivity contribution in [2.45, 2.75) is 51.9 Å². The molecule has 1 amide bonds. The number of carbonyl (C=O) groups excluding carboxylic acids is 2. The Hall–Kier alpha value is -2.57. The van der Waals surface area contributed by atoms with Crippen LogP contribution >= 0.6 is 0 Å². The third-order valence-electron chi connectivity index (χ3n) is 2.84. The van der Waals surface area contributed by atoms with Crippen molar-refractivity contribution in [2.75, 3.05) is 0 Å². The van der Waals surface area contributed by atoms with Gasteiger partial charge in [0.15, 0.2) is 0 Å². The molecule has 0 radical (unpaired) electrons. The van der Waals surface area contributed by atoms with Crippen molar-refractivity contribution in [3.63, 3.8) is 0 Å². The maximum atomic E-state index is 12.1. The molecule has 0 heterocycles. The van der Waals surface area contributed by atoms with E-state index in [1.165, 1.54) is 0 Å². The smallest absolute Gasteiger partial charge is 0.408 e. The number of rotatable bonds is 7. The van der Waals surface area contributed by atoms with E-state index in [4.69, 9.17) is 14.6 Å². The van der Waals surface area contributed by atoms with Gasteiger partial charge in [0.2, 0.25) is 0 Å². The normalized spacial score (nSPS) is 12.1. The molecule has 0 fully saturated rings. The van der Waals surface area contributed by atoms with E-state index in [1.54, 1.807) is 32.9 Å². The van der Waals surface area contributed by atoms with Crippen LogP contribution in [-0.4, -0.2) is 34.8 Å². The number of amides is 1. The van der Waals surface area contributed by atoms with Gasteiger partial charge in [-0.3, -0.25) is 4.79 Å². The summed E-state index contributed by atoms with van der Waals surface area (Å²) >= 11 is 0. The predicted octanol–water partition coefficient (Wildman–Crippen LogP) is 2.49. The number of hydrogen-bond acceptors (Lipinski definition) is 5. The molecule has 0 aromatic heterocycles. The summed E-state index contributed by atoms with van der Waals surface area (Å²) in [4.78, 5) is 34.7. The molecule has 0 saturated heterocycles. The predicted molar refractivity (Wildman–Crippen MR) is 86.3 cm³/mol. The lowest BCUT2D eigenvalue weighted by Gasteiger charge is -2.24. The van der Waals surface area contributed by atoms with Crippen LogP contribution in [-0.2, 0) is 25.7 Å². The van der Waals surface area contributed by atoms with Gasteiger partial charge in [-0.25, -0.2) is 9.59 Å². The molecular formula is C17H23NO6. The van der Waals surface area contributed by atoms with Crippen LogP contribution in [0.25, 0.3) is 0 Å². The summed E-state index contributed by atoms with van der Waals surface area (Å²) in [6.45, 7) is 5.11. The molecule has 0 saturated carbocycles. The second kappa shape index (κ2) is 8.90. The highest BCUT2D eigenvalue weighted by atomic mass is 16.6. The zero-order valence-electron chi connectivity index (χ0n) is 14.1. The van der Waals surface area contributed by atoms with E-state index in [0.29, 0.717) is 0 Å². The molecule has 1 aromatic rings. The van der Waals surface area contributed by atoms with Crippen molar-refractivity contribution in [1.29, 1.82) is 0 Å². The van der Waals surface area contributed by atoms with Crippen LogP contribution in [0.3, 0.4) is 0 Å². The van der Waals surface area contributed by atoms with Crippen molar-refractivity contribution >= 4 is 18.0 Å². The summed E-state index contributed by atoms with van der Waals surface area (Å²) in [5.74, 6) is -1.76. The van der Waals surface area contributed by atoms with Crippen molar-refractivity contribution < 1.29 is 29.0 Å². The number of ether oxygens (including phenoxy) is 2. The molecule has 0 aliphatic rings. The van der Waals surface area contributed by atoms with Crippen LogP contribution in [0.15, 0.2) is 30.3 Å². The second-order valence-electron chi connectivity index (χ2n) is 6.22. The highest BCUT2D eigenvalue weighted by molar-refractivity contribution is 5.82. The van der Waals surface area contributed by atoms with Crippen LogP contribution in [0.5, 0.6) is 0 Å². The van der Waals surface area contributed by atoms with Gasteiger partial charge in [0.25, 0.3) is 0 Å². The average molecular weight is 337 g/mol. The van der Waals surface area contributed by atoms with Crippen LogP contribution in [0, 0.1) is 0 Å². The molecule has 0 aliphatic carbocycles. The summed E-state index contributed by atoms with van der Waals surface area (Å²) in [6.07, 6.45) is -1.16. The van der Waals surface area contributed by atoms with Crippen LogP contribution in [0.2, 0.25) is 0 Å². The second-order valence-corrected chi connectivity index (χ2v) is 6.22. The summed E-state index contributed by atoms with van der Waals surface area (Å²) in [6, 6.07) is 7.98. The zero-order valence-corrected chi connectivity index (χ0v) is 14.1. The Morgan fingerprint density at radius 1 is 1.17 bits per heavy atom. The highest BCUT2D eigenvalue weighted by Gasteiger charge is 2.27. The van der Waals surface area contributed by atoms with E-state index in [9.17, 15) is 14.4 Å². The molecule has 0 spiro atoms. The molecule has 7 heteroatoms. The Balaban J connectivity index is 2.60. The lowest BCUT2D eigenvalue weighted by Crippen LogP contribution is -2.44. The Kier molecular flexibility index (Phi) is 7.23. The van der Waals surface area contributed by atoms with Crippen LogP contribution in [0.4, 0.5) is 4.79 Å². The molecular weight excluding hydrogens is 314 g/mol. The molecule has 24 heavy (non-hydrogen) atoms. The third kappa shape index (κ3) is 8.17. The summed E-state index contributed by atoms with van der Waals surface area (Å²) < 4.78 is 10.2. The van der Waals surface area contributed by atoms with E-state index >= 15 is 0 Å². The Morgan fingerprint density at radius 3 is 2.33 bits per heavy atom. The topological polar surface area (TPSA) is 102 Å². The number of hydrogen-bond donors (Lipinski definition) is 2. The van der Waals surface area contributed by atoms with E-state index in [-0.39, 0.29) is 19.4 Å². The van der Waals surface area contributed by atoms with Gasteiger partial charge in [-0.15, -0.1) is 0 Å². The number of carbonyl (C=O) groups is 3. The van der Waals surface area contributed by atoms with E-state index < -0.39 is 29.7 Å². The number of alkyl carbamates (subject to hydrolysis) is 1. The summed E-state index contributed by atoms with van der Waals surface area (Å²) in [5.41, 5.74) is 0.0563. The summed E-state index contributed by atoms with van der Waals surface area (Å²) in [5, 5.41) is 11.1. The number of benzene rings is 1. The third-order valence-corrected chi connectivity index (χ3v) is 2.84. The average Bonchev–Trinajstić information content (AvgIpc) is 2.48. The number of nitrogens with one attached hydrogen (secondary N) is 1. The van der Waals surface area contributed by atoms with E-state index in [2.05, 4.69) is 5.32 Å². The molecule has 1 aromatic carbocycles. The first-order valence-corrected chi connectivity index (χ1v) is 7.59. The van der Waals surface area contributed by atoms with Crippen LogP contribution < -0.4 is 5.32 Å². The first kappa shape index (κ1) is 19.5. The van der Waals surface area contributed by atoms with Gasteiger partial charge >= 0.3 is 18.0 Å². The molecule has 1 unspecified atom stereocenters. The SMILES string of the molecule is CC(C)(C)OC(=O)C(CCC(=O)O)NC(=O)OCc1ccccc1. The molecule has 2 N–H and O–H groups in total. The standard InChI is InChI=1S/C17H23NO6/c1-17(2,3)24-15(21)13(9-10-14(19)20)18-16(22)23-11-12-7-5-4-6-8-12/h4-8,13H,9-11H2,1-3H3,(H,18,22)(H,19,20). The lowest BCUT2D eigenvalue weighted by molar-refractivity contribution is -0.157. The number of aliphatic carboxylic acids is 1. The minimum atomic E-state index is -1.08. The maximum Gasteiger partial charge on any atom is 0.408 e. The molecule has 0 bridgehead atoms. The van der Waals surface area contributed by atoms with Gasteiger partial charge in [-0.1, -0.05) is 30.3 Å². The minimum absolute atomic E-state index is 0.0483. The molecule has 1 rings (SSSR count). The monoisotopic (exact) mass is 337 g/mol. The van der Waals surface area contributed by atoms with Gasteiger partial charge in [-0.05, 0) is 32.8 Å². The minimum Gasteiger partial charge on any atom is -0.481 e. The largest absolute Gasteiger partial charge is 0.481 e. The quantitative estimate of drug-likeness (QED) is 0.741.